The summed E-state index contributed by atoms with van der Waals surface area (Å²) in [6.07, 6.45) is 6.13. The Hall–Kier alpha value is -1.34. The maximum atomic E-state index is 5.45. The third kappa shape index (κ3) is 3.72. The molecule has 0 spiro atoms. The molecule has 2 N–H and O–H groups in total. The highest BCUT2D eigenvalue weighted by molar-refractivity contribution is 5.50. The smallest absolute Gasteiger partial charge is 0.0137 e. The van der Waals surface area contributed by atoms with Gasteiger partial charge in [0.05, 0.1) is 0 Å². The summed E-state index contributed by atoms with van der Waals surface area (Å²) in [6, 6.07) is 10.2. The van der Waals surface area contributed by atoms with Crippen LogP contribution in [0.1, 0.15) is 12.5 Å². The lowest BCUT2D eigenvalue weighted by atomic mass is 10.2. The summed E-state index contributed by atoms with van der Waals surface area (Å²) in [4.78, 5) is 0. The fraction of sp³-hybridized carbons (Fsp3) is 0.167. The predicted molar refractivity (Wildman–Crippen MR) is 58.3 cm³/mol. The molecule has 68 valence electrons. The van der Waals surface area contributed by atoms with Crippen LogP contribution in [0.2, 0.25) is 0 Å². The van der Waals surface area contributed by atoms with E-state index in [0.717, 1.165) is 0 Å². The van der Waals surface area contributed by atoms with E-state index in [4.69, 9.17) is 5.73 Å². The Bertz CT molecular complexity index is 296. The van der Waals surface area contributed by atoms with E-state index < -0.39 is 0 Å². The zero-order chi connectivity index (χ0) is 9.52. The summed E-state index contributed by atoms with van der Waals surface area (Å²) in [6.45, 7) is 2.65. The van der Waals surface area contributed by atoms with Gasteiger partial charge in [-0.25, -0.2) is 0 Å². The monoisotopic (exact) mass is 173 g/mol. The highest BCUT2D eigenvalue weighted by Crippen LogP contribution is 2.01. The van der Waals surface area contributed by atoms with Gasteiger partial charge in [0.15, 0.2) is 0 Å². The highest BCUT2D eigenvalue weighted by atomic mass is 14.5. The first kappa shape index (κ1) is 9.75. The van der Waals surface area contributed by atoms with E-state index in [9.17, 15) is 0 Å². The van der Waals surface area contributed by atoms with Gasteiger partial charge in [0.1, 0.15) is 0 Å². The SMILES string of the molecule is C/C(=C/C=C/c1ccccc1)CN. The quantitative estimate of drug-likeness (QED) is 0.698. The molecule has 0 saturated carbocycles. The molecule has 0 bridgehead atoms. The zero-order valence-corrected chi connectivity index (χ0v) is 7.90. The summed E-state index contributed by atoms with van der Waals surface area (Å²) in [5, 5.41) is 0. The largest absolute Gasteiger partial charge is 0.327 e. The number of hydrogen-bond acceptors (Lipinski definition) is 1. The Balaban J connectivity index is 2.60. The van der Waals surface area contributed by atoms with Gasteiger partial charge < -0.3 is 5.73 Å². The lowest BCUT2D eigenvalue weighted by Crippen LogP contribution is -1.98. The Morgan fingerprint density at radius 2 is 2.00 bits per heavy atom. The average Bonchev–Trinajstić information content (AvgIpc) is 2.19. The number of hydrogen-bond donors (Lipinski definition) is 1. The second-order valence-corrected chi connectivity index (χ2v) is 2.99. The van der Waals surface area contributed by atoms with Gasteiger partial charge in [0.2, 0.25) is 0 Å². The van der Waals surface area contributed by atoms with Crippen molar-refractivity contribution in [2.45, 2.75) is 6.92 Å². The van der Waals surface area contributed by atoms with Gasteiger partial charge in [-0.2, -0.15) is 0 Å². The third-order valence-corrected chi connectivity index (χ3v) is 1.79. The molecule has 0 aliphatic heterocycles. The van der Waals surface area contributed by atoms with Gasteiger partial charge in [-0.3, -0.25) is 0 Å². The van der Waals surface area contributed by atoms with E-state index in [2.05, 4.69) is 18.2 Å². The van der Waals surface area contributed by atoms with Crippen molar-refractivity contribution in [2.75, 3.05) is 6.54 Å². The number of benzene rings is 1. The summed E-state index contributed by atoms with van der Waals surface area (Å²) in [7, 11) is 0. The molecule has 1 aromatic rings. The Morgan fingerprint density at radius 1 is 1.31 bits per heavy atom. The normalized spacial score (nSPS) is 12.3. The fourth-order valence-corrected chi connectivity index (χ4v) is 0.956. The van der Waals surface area contributed by atoms with Crippen molar-refractivity contribution in [3.63, 3.8) is 0 Å². The molecular weight excluding hydrogens is 158 g/mol. The second kappa shape index (κ2) is 5.33. The molecule has 1 heteroatoms. The minimum atomic E-state index is 0.624. The lowest BCUT2D eigenvalue weighted by Gasteiger charge is -1.91. The topological polar surface area (TPSA) is 26.0 Å². The molecule has 0 saturated heterocycles. The van der Waals surface area contributed by atoms with Crippen molar-refractivity contribution >= 4 is 6.08 Å². The Morgan fingerprint density at radius 3 is 2.62 bits per heavy atom. The predicted octanol–water partition coefficient (Wildman–Crippen LogP) is 2.60. The van der Waals surface area contributed by atoms with Crippen molar-refractivity contribution in [2.24, 2.45) is 5.73 Å². The lowest BCUT2D eigenvalue weighted by molar-refractivity contribution is 1.14. The van der Waals surface area contributed by atoms with E-state index in [1.54, 1.807) is 0 Å². The van der Waals surface area contributed by atoms with Gasteiger partial charge in [0.25, 0.3) is 0 Å². The van der Waals surface area contributed by atoms with Crippen LogP contribution in [0.4, 0.5) is 0 Å². The van der Waals surface area contributed by atoms with Crippen molar-refractivity contribution < 1.29 is 0 Å². The van der Waals surface area contributed by atoms with E-state index in [1.807, 2.05) is 37.3 Å². The first-order valence-electron chi connectivity index (χ1n) is 4.42. The number of nitrogens with two attached hydrogens (primary N) is 1. The number of allylic oxidation sites excluding steroid dienone is 2. The summed E-state index contributed by atoms with van der Waals surface area (Å²) in [5.74, 6) is 0. The molecule has 0 aliphatic carbocycles. The summed E-state index contributed by atoms with van der Waals surface area (Å²) in [5.41, 5.74) is 7.85. The molecule has 0 fully saturated rings. The first-order valence-corrected chi connectivity index (χ1v) is 4.42. The Kier molecular flexibility index (Phi) is 4.00. The maximum Gasteiger partial charge on any atom is 0.0137 e. The van der Waals surface area contributed by atoms with Crippen LogP contribution in [0.5, 0.6) is 0 Å². The van der Waals surface area contributed by atoms with Crippen molar-refractivity contribution in [1.29, 1.82) is 0 Å². The van der Waals surface area contributed by atoms with Gasteiger partial charge >= 0.3 is 0 Å². The van der Waals surface area contributed by atoms with Crippen LogP contribution in [0.15, 0.2) is 48.1 Å². The second-order valence-electron chi connectivity index (χ2n) is 2.99. The molecule has 13 heavy (non-hydrogen) atoms. The molecule has 0 radical (unpaired) electrons. The van der Waals surface area contributed by atoms with Crippen LogP contribution < -0.4 is 5.73 Å². The summed E-state index contributed by atoms with van der Waals surface area (Å²) < 4.78 is 0. The minimum absolute atomic E-state index is 0.624. The molecule has 0 amide bonds. The van der Waals surface area contributed by atoms with E-state index in [1.165, 1.54) is 11.1 Å². The molecule has 0 unspecified atom stereocenters. The van der Waals surface area contributed by atoms with Crippen molar-refractivity contribution in [3.05, 3.63) is 53.6 Å². The fourth-order valence-electron chi connectivity index (χ4n) is 0.956. The van der Waals surface area contributed by atoms with Crippen LogP contribution in [0.25, 0.3) is 6.08 Å². The van der Waals surface area contributed by atoms with Crippen LogP contribution in [-0.2, 0) is 0 Å². The molecule has 0 aliphatic rings. The first-order chi connectivity index (χ1) is 6.33. The highest BCUT2D eigenvalue weighted by Gasteiger charge is 1.81. The number of rotatable bonds is 3. The summed E-state index contributed by atoms with van der Waals surface area (Å²) >= 11 is 0. The van der Waals surface area contributed by atoms with Crippen LogP contribution in [0, 0.1) is 0 Å². The van der Waals surface area contributed by atoms with Crippen LogP contribution >= 0.6 is 0 Å². The van der Waals surface area contributed by atoms with Crippen molar-refractivity contribution in [1.82, 2.24) is 0 Å². The molecule has 0 heterocycles. The van der Waals surface area contributed by atoms with E-state index >= 15 is 0 Å². The van der Waals surface area contributed by atoms with Crippen LogP contribution in [-0.4, -0.2) is 6.54 Å². The standard InChI is InChI=1S/C12H15N/c1-11(10-13)6-5-9-12-7-3-2-4-8-12/h2-9H,10,13H2,1H3/b9-5+,11-6-. The maximum absolute atomic E-state index is 5.45. The molecule has 1 nitrogen and oxygen atoms in total. The van der Waals surface area contributed by atoms with E-state index in [0.29, 0.717) is 6.54 Å². The Labute approximate surface area is 79.6 Å². The minimum Gasteiger partial charge on any atom is -0.327 e. The molecule has 1 rings (SSSR count). The zero-order valence-electron chi connectivity index (χ0n) is 7.90. The molecule has 1 aromatic carbocycles. The van der Waals surface area contributed by atoms with E-state index in [-0.39, 0.29) is 0 Å². The van der Waals surface area contributed by atoms with Gasteiger partial charge in [-0.1, -0.05) is 54.1 Å². The van der Waals surface area contributed by atoms with Crippen LogP contribution in [0.3, 0.4) is 0 Å². The van der Waals surface area contributed by atoms with Crippen molar-refractivity contribution in [3.8, 4) is 0 Å². The molecular formula is C12H15N. The molecule has 0 atom stereocenters. The van der Waals surface area contributed by atoms with Gasteiger partial charge in [-0.15, -0.1) is 0 Å². The van der Waals surface area contributed by atoms with Gasteiger partial charge in [-0.05, 0) is 12.5 Å². The molecule has 0 aromatic heterocycles. The average molecular weight is 173 g/mol. The third-order valence-electron chi connectivity index (χ3n) is 1.79. The van der Waals surface area contributed by atoms with Gasteiger partial charge in [0, 0.05) is 6.54 Å².